The molecule has 2 atom stereocenters. The summed E-state index contributed by atoms with van der Waals surface area (Å²) < 4.78 is 5.81. The molecule has 0 bridgehead atoms. The van der Waals surface area contributed by atoms with Crippen LogP contribution in [0.25, 0.3) is 0 Å². The van der Waals surface area contributed by atoms with Crippen molar-refractivity contribution in [1.29, 1.82) is 0 Å². The van der Waals surface area contributed by atoms with Gasteiger partial charge in [0.1, 0.15) is 0 Å². The number of hydrogen-bond acceptors (Lipinski definition) is 3. The van der Waals surface area contributed by atoms with Gasteiger partial charge in [-0.3, -0.25) is 0 Å². The van der Waals surface area contributed by atoms with E-state index in [1.807, 2.05) is 0 Å². The summed E-state index contributed by atoms with van der Waals surface area (Å²) in [5, 5.41) is 0. The zero-order chi connectivity index (χ0) is 24.2. The number of unbranched alkanes of at least 4 members (excludes halogenated alkanes) is 18. The van der Waals surface area contributed by atoms with Crippen LogP contribution in [0, 0.1) is 0 Å². The predicted octanol–water partition coefficient (Wildman–Crippen LogP) is 9.06. The molecule has 0 aliphatic heterocycles. The van der Waals surface area contributed by atoms with Crippen molar-refractivity contribution in [3.8, 4) is 0 Å². The van der Waals surface area contributed by atoms with Gasteiger partial charge in [-0.25, -0.2) is 0 Å². The molecule has 0 aromatic heterocycles. The SMILES string of the molecule is CCCCCCCCCCCCC(N)CCOCCC(N)CCCCCCCCCCCC. The van der Waals surface area contributed by atoms with Gasteiger partial charge in [0, 0.05) is 25.3 Å². The first-order valence-electron chi connectivity index (χ1n) is 15.3. The highest BCUT2D eigenvalue weighted by molar-refractivity contribution is 4.63. The lowest BCUT2D eigenvalue weighted by Gasteiger charge is -2.14. The summed E-state index contributed by atoms with van der Waals surface area (Å²) >= 11 is 0. The molecular weight excluding hydrogens is 404 g/mol. The topological polar surface area (TPSA) is 61.3 Å². The smallest absolute Gasteiger partial charge is 0.0480 e. The van der Waals surface area contributed by atoms with Crippen LogP contribution in [0.3, 0.4) is 0 Å². The molecule has 0 aliphatic carbocycles. The van der Waals surface area contributed by atoms with Crippen molar-refractivity contribution in [3.05, 3.63) is 0 Å². The van der Waals surface area contributed by atoms with Gasteiger partial charge >= 0.3 is 0 Å². The van der Waals surface area contributed by atoms with Crippen LogP contribution in [0.15, 0.2) is 0 Å². The second-order valence-electron chi connectivity index (χ2n) is 10.7. The van der Waals surface area contributed by atoms with E-state index in [9.17, 15) is 0 Å². The monoisotopic (exact) mass is 469 g/mol. The average Bonchev–Trinajstić information content (AvgIpc) is 2.81. The van der Waals surface area contributed by atoms with E-state index < -0.39 is 0 Å². The molecule has 0 aliphatic rings. The van der Waals surface area contributed by atoms with Gasteiger partial charge in [0.2, 0.25) is 0 Å². The Morgan fingerprint density at radius 3 is 0.970 bits per heavy atom. The molecule has 200 valence electrons. The Morgan fingerprint density at radius 1 is 0.394 bits per heavy atom. The third-order valence-electron chi connectivity index (χ3n) is 7.12. The quantitative estimate of drug-likeness (QED) is 0.113. The van der Waals surface area contributed by atoms with Crippen LogP contribution in [0.2, 0.25) is 0 Å². The Bertz CT molecular complexity index is 318. The van der Waals surface area contributed by atoms with Crippen LogP contribution in [0.4, 0.5) is 0 Å². The van der Waals surface area contributed by atoms with Crippen molar-refractivity contribution in [1.82, 2.24) is 0 Å². The second kappa shape index (κ2) is 28.1. The van der Waals surface area contributed by atoms with Crippen LogP contribution >= 0.6 is 0 Å². The zero-order valence-corrected chi connectivity index (χ0v) is 23.1. The minimum absolute atomic E-state index is 0.305. The highest BCUT2D eigenvalue weighted by atomic mass is 16.5. The standard InChI is InChI=1S/C30H64N2O/c1-3-5-7-9-11-13-15-17-19-21-23-29(31)25-27-33-28-26-30(32)24-22-20-18-16-14-12-10-8-6-4-2/h29-30H,3-28,31-32H2,1-2H3. The minimum Gasteiger partial charge on any atom is -0.381 e. The Hall–Kier alpha value is -0.120. The first kappa shape index (κ1) is 32.9. The lowest BCUT2D eigenvalue weighted by Crippen LogP contribution is -2.24. The van der Waals surface area contributed by atoms with Gasteiger partial charge in [-0.15, -0.1) is 0 Å². The van der Waals surface area contributed by atoms with E-state index in [2.05, 4.69) is 13.8 Å². The largest absolute Gasteiger partial charge is 0.381 e. The maximum Gasteiger partial charge on any atom is 0.0480 e. The van der Waals surface area contributed by atoms with Crippen LogP contribution < -0.4 is 11.5 Å². The molecule has 0 aromatic rings. The molecule has 4 N–H and O–H groups in total. The molecule has 0 aromatic carbocycles. The molecule has 0 saturated carbocycles. The number of nitrogens with two attached hydrogens (primary N) is 2. The molecule has 0 heterocycles. The summed E-state index contributed by atoms with van der Waals surface area (Å²) in [5.74, 6) is 0. The zero-order valence-electron chi connectivity index (χ0n) is 23.1. The number of hydrogen-bond donors (Lipinski definition) is 2. The van der Waals surface area contributed by atoms with E-state index in [0.29, 0.717) is 12.1 Å². The summed E-state index contributed by atoms with van der Waals surface area (Å²) in [6.07, 6.45) is 32.1. The molecule has 3 nitrogen and oxygen atoms in total. The fraction of sp³-hybridized carbons (Fsp3) is 1.00. The maximum absolute atomic E-state index is 6.27. The first-order valence-corrected chi connectivity index (χ1v) is 15.3. The van der Waals surface area contributed by atoms with E-state index in [0.717, 1.165) is 38.9 Å². The Kier molecular flexibility index (Phi) is 28.0. The van der Waals surface area contributed by atoms with Crippen molar-refractivity contribution < 1.29 is 4.74 Å². The highest BCUT2D eigenvalue weighted by Gasteiger charge is 2.05. The molecule has 3 heteroatoms. The molecule has 0 amide bonds. The fourth-order valence-corrected chi connectivity index (χ4v) is 4.65. The number of rotatable bonds is 28. The second-order valence-corrected chi connectivity index (χ2v) is 10.7. The maximum atomic E-state index is 6.27. The van der Waals surface area contributed by atoms with Crippen molar-refractivity contribution in [3.63, 3.8) is 0 Å². The van der Waals surface area contributed by atoms with Gasteiger partial charge in [-0.2, -0.15) is 0 Å². The van der Waals surface area contributed by atoms with Gasteiger partial charge in [0.05, 0.1) is 0 Å². The third kappa shape index (κ3) is 28.0. The van der Waals surface area contributed by atoms with Crippen molar-refractivity contribution in [2.45, 2.75) is 180 Å². The molecule has 0 spiro atoms. The van der Waals surface area contributed by atoms with Crippen LogP contribution in [0.1, 0.15) is 168 Å². The first-order chi connectivity index (χ1) is 16.2. The molecule has 0 fully saturated rings. The summed E-state index contributed by atoms with van der Waals surface area (Å²) in [5.41, 5.74) is 12.5. The third-order valence-corrected chi connectivity index (χ3v) is 7.12. The van der Waals surface area contributed by atoms with Crippen molar-refractivity contribution in [2.75, 3.05) is 13.2 Å². The van der Waals surface area contributed by atoms with Gasteiger partial charge in [0.15, 0.2) is 0 Å². The van der Waals surface area contributed by atoms with E-state index >= 15 is 0 Å². The lowest BCUT2D eigenvalue weighted by molar-refractivity contribution is 0.119. The van der Waals surface area contributed by atoms with Crippen LogP contribution in [-0.2, 0) is 4.74 Å². The van der Waals surface area contributed by atoms with Crippen LogP contribution in [0.5, 0.6) is 0 Å². The van der Waals surface area contributed by atoms with Crippen LogP contribution in [-0.4, -0.2) is 25.3 Å². The Labute approximate surface area is 209 Å². The van der Waals surface area contributed by atoms with Gasteiger partial charge in [-0.1, -0.05) is 142 Å². The van der Waals surface area contributed by atoms with Gasteiger partial charge in [0.25, 0.3) is 0 Å². The normalized spacial score (nSPS) is 13.5. The average molecular weight is 469 g/mol. The Morgan fingerprint density at radius 2 is 0.667 bits per heavy atom. The van der Waals surface area contributed by atoms with E-state index in [-0.39, 0.29) is 0 Å². The van der Waals surface area contributed by atoms with Crippen molar-refractivity contribution >= 4 is 0 Å². The molecular formula is C30H64N2O. The van der Waals surface area contributed by atoms with Gasteiger partial charge in [-0.05, 0) is 25.7 Å². The molecule has 0 saturated heterocycles. The summed E-state index contributed by atoms with van der Waals surface area (Å²) in [6.45, 7) is 6.16. The highest BCUT2D eigenvalue weighted by Crippen LogP contribution is 2.14. The van der Waals surface area contributed by atoms with E-state index in [1.54, 1.807) is 0 Å². The molecule has 0 rings (SSSR count). The molecule has 2 unspecified atom stereocenters. The predicted molar refractivity (Wildman–Crippen MR) is 149 cm³/mol. The molecule has 0 radical (unpaired) electrons. The minimum atomic E-state index is 0.305. The summed E-state index contributed by atoms with van der Waals surface area (Å²) in [4.78, 5) is 0. The van der Waals surface area contributed by atoms with Gasteiger partial charge < -0.3 is 16.2 Å². The fourth-order valence-electron chi connectivity index (χ4n) is 4.65. The van der Waals surface area contributed by atoms with E-state index in [1.165, 1.54) is 128 Å². The summed E-state index contributed by atoms with van der Waals surface area (Å²) in [7, 11) is 0. The van der Waals surface area contributed by atoms with E-state index in [4.69, 9.17) is 16.2 Å². The summed E-state index contributed by atoms with van der Waals surface area (Å²) in [6, 6.07) is 0.610. The number of ether oxygens (including phenoxy) is 1. The lowest BCUT2D eigenvalue weighted by atomic mass is 10.0. The molecule has 33 heavy (non-hydrogen) atoms. The Balaban J connectivity index is 3.26. The van der Waals surface area contributed by atoms with Crippen molar-refractivity contribution in [2.24, 2.45) is 11.5 Å².